The van der Waals surface area contributed by atoms with Crippen LogP contribution in [0.1, 0.15) is 24.2 Å². The molecule has 0 N–H and O–H groups in total. The minimum Gasteiger partial charge on any atom is -0.285 e. The topological polar surface area (TPSA) is 76.3 Å². The van der Waals surface area contributed by atoms with Crippen LogP contribution < -0.4 is 0 Å². The minimum atomic E-state index is 0.0560. The van der Waals surface area contributed by atoms with Crippen molar-refractivity contribution in [3.05, 3.63) is 109 Å². The van der Waals surface area contributed by atoms with Gasteiger partial charge >= 0.3 is 0 Å². The Hall–Kier alpha value is -4.32. The molecule has 0 unspecified atom stereocenters. The molecule has 1 aliphatic carbocycles. The lowest BCUT2D eigenvalue weighted by molar-refractivity contribution is 0.523. The first-order valence-electron chi connectivity index (χ1n) is 11.3. The van der Waals surface area contributed by atoms with Crippen molar-refractivity contribution in [3.63, 3.8) is 0 Å². The second-order valence-electron chi connectivity index (χ2n) is 7.96. The maximum Gasteiger partial charge on any atom is 0.0894 e. The molecule has 0 aromatic carbocycles. The number of aliphatic imine (C=N–C) groups is 2. The molecule has 0 bridgehead atoms. The predicted molar refractivity (Wildman–Crippen MR) is 136 cm³/mol. The van der Waals surface area contributed by atoms with Gasteiger partial charge in [0.15, 0.2) is 0 Å². The zero-order valence-corrected chi connectivity index (χ0v) is 18.6. The molecule has 4 aromatic heterocycles. The molecule has 0 fully saturated rings. The van der Waals surface area contributed by atoms with Gasteiger partial charge in [-0.25, -0.2) is 9.97 Å². The fourth-order valence-electron chi connectivity index (χ4n) is 3.81. The summed E-state index contributed by atoms with van der Waals surface area (Å²) >= 11 is 0. The van der Waals surface area contributed by atoms with Crippen molar-refractivity contribution in [2.24, 2.45) is 9.98 Å². The Bertz CT molecular complexity index is 1210. The Kier molecular flexibility index (Phi) is 6.67. The number of aromatic nitrogens is 4. The van der Waals surface area contributed by atoms with Crippen molar-refractivity contribution >= 4 is 12.4 Å². The first-order valence-corrected chi connectivity index (χ1v) is 11.3. The Morgan fingerprint density at radius 1 is 0.559 bits per heavy atom. The lowest BCUT2D eigenvalue weighted by Gasteiger charge is -2.21. The number of hydrogen-bond acceptors (Lipinski definition) is 6. The van der Waals surface area contributed by atoms with Crippen LogP contribution in [-0.2, 0) is 0 Å². The van der Waals surface area contributed by atoms with Gasteiger partial charge in [0.1, 0.15) is 0 Å². The van der Waals surface area contributed by atoms with Gasteiger partial charge in [0.2, 0.25) is 0 Å². The van der Waals surface area contributed by atoms with E-state index in [2.05, 4.69) is 22.1 Å². The molecular weight excluding hydrogens is 420 g/mol. The van der Waals surface area contributed by atoms with Crippen LogP contribution in [-0.4, -0.2) is 44.4 Å². The average Bonchev–Trinajstić information content (AvgIpc) is 2.92. The summed E-state index contributed by atoms with van der Waals surface area (Å²) in [6, 6.07) is 23.5. The molecule has 0 aliphatic heterocycles. The monoisotopic (exact) mass is 444 g/mol. The molecule has 4 aromatic rings. The summed E-state index contributed by atoms with van der Waals surface area (Å²) in [5.41, 5.74) is 4.99. The van der Waals surface area contributed by atoms with Gasteiger partial charge in [-0.05, 0) is 61.4 Å². The van der Waals surface area contributed by atoms with E-state index in [9.17, 15) is 0 Å². The van der Waals surface area contributed by atoms with Gasteiger partial charge < -0.3 is 0 Å². The lowest BCUT2D eigenvalue weighted by Crippen LogP contribution is -2.25. The number of rotatable bonds is 6. The Morgan fingerprint density at radius 2 is 1.03 bits per heavy atom. The van der Waals surface area contributed by atoms with Crippen LogP contribution in [0, 0.1) is 0 Å². The third-order valence-electron chi connectivity index (χ3n) is 5.56. The maximum absolute atomic E-state index is 4.84. The minimum absolute atomic E-state index is 0.0560. The summed E-state index contributed by atoms with van der Waals surface area (Å²) in [6.07, 6.45) is 13.3. The van der Waals surface area contributed by atoms with Gasteiger partial charge in [0.05, 0.1) is 46.2 Å². The van der Waals surface area contributed by atoms with E-state index in [1.165, 1.54) is 0 Å². The summed E-state index contributed by atoms with van der Waals surface area (Å²) in [5, 5.41) is 0. The summed E-state index contributed by atoms with van der Waals surface area (Å²) in [7, 11) is 0. The lowest BCUT2D eigenvalue weighted by atomic mass is 9.97. The second kappa shape index (κ2) is 10.5. The third kappa shape index (κ3) is 5.35. The van der Waals surface area contributed by atoms with Crippen molar-refractivity contribution in [2.45, 2.75) is 24.9 Å². The van der Waals surface area contributed by atoms with Gasteiger partial charge in [0.25, 0.3) is 0 Å². The molecule has 5 rings (SSSR count). The Balaban J connectivity index is 1.31. The van der Waals surface area contributed by atoms with Crippen molar-refractivity contribution in [1.82, 2.24) is 19.9 Å². The average molecular weight is 445 g/mol. The fourth-order valence-corrected chi connectivity index (χ4v) is 3.81. The van der Waals surface area contributed by atoms with E-state index in [4.69, 9.17) is 20.0 Å². The smallest absolute Gasteiger partial charge is 0.0894 e. The highest BCUT2D eigenvalue weighted by atomic mass is 14.9. The normalized spacial score (nSPS) is 18.0. The van der Waals surface area contributed by atoms with E-state index >= 15 is 0 Å². The predicted octanol–water partition coefficient (Wildman–Crippen LogP) is 5.23. The summed E-state index contributed by atoms with van der Waals surface area (Å²) < 4.78 is 0. The SMILES string of the molecule is C1=CC[C@H](N=Cc2cccc(-c3ccccn3)n2)[C@@H](N=Cc2cccc(-c3ccccn3)n2)C1. The molecule has 6 heteroatoms. The maximum atomic E-state index is 4.84. The molecule has 0 saturated heterocycles. The molecule has 0 spiro atoms. The van der Waals surface area contributed by atoms with Crippen LogP contribution in [0.15, 0.2) is 107 Å². The molecule has 2 atom stereocenters. The zero-order valence-electron chi connectivity index (χ0n) is 18.6. The van der Waals surface area contributed by atoms with E-state index in [0.29, 0.717) is 0 Å². The summed E-state index contributed by atoms with van der Waals surface area (Å²) in [4.78, 5) is 27.9. The van der Waals surface area contributed by atoms with Crippen LogP contribution in [0.2, 0.25) is 0 Å². The van der Waals surface area contributed by atoms with Crippen LogP contribution in [0.4, 0.5) is 0 Å². The molecule has 34 heavy (non-hydrogen) atoms. The molecule has 0 amide bonds. The van der Waals surface area contributed by atoms with Gasteiger partial charge in [-0.15, -0.1) is 0 Å². The number of pyridine rings is 4. The van der Waals surface area contributed by atoms with E-state index < -0.39 is 0 Å². The number of nitrogens with zero attached hydrogens (tertiary/aromatic N) is 6. The molecule has 1 aliphatic rings. The highest BCUT2D eigenvalue weighted by molar-refractivity contribution is 5.79. The van der Waals surface area contributed by atoms with E-state index in [-0.39, 0.29) is 12.1 Å². The van der Waals surface area contributed by atoms with E-state index in [1.807, 2.05) is 85.2 Å². The third-order valence-corrected chi connectivity index (χ3v) is 5.56. The Morgan fingerprint density at radius 3 is 1.47 bits per heavy atom. The van der Waals surface area contributed by atoms with Crippen molar-refractivity contribution < 1.29 is 0 Å². The molecule has 166 valence electrons. The summed E-state index contributed by atoms with van der Waals surface area (Å²) in [5.74, 6) is 0. The highest BCUT2D eigenvalue weighted by Gasteiger charge is 2.20. The number of hydrogen-bond donors (Lipinski definition) is 0. The van der Waals surface area contributed by atoms with Gasteiger partial charge in [0, 0.05) is 24.8 Å². The largest absolute Gasteiger partial charge is 0.285 e. The highest BCUT2D eigenvalue weighted by Crippen LogP contribution is 2.20. The van der Waals surface area contributed by atoms with Crippen LogP contribution in [0.25, 0.3) is 22.8 Å². The van der Waals surface area contributed by atoms with Crippen molar-refractivity contribution in [3.8, 4) is 22.8 Å². The van der Waals surface area contributed by atoms with Crippen molar-refractivity contribution in [2.75, 3.05) is 0 Å². The van der Waals surface area contributed by atoms with Gasteiger partial charge in [-0.1, -0.05) is 36.4 Å². The molecule has 6 nitrogen and oxygen atoms in total. The van der Waals surface area contributed by atoms with Crippen LogP contribution in [0.3, 0.4) is 0 Å². The first-order chi connectivity index (χ1) is 16.8. The van der Waals surface area contributed by atoms with E-state index in [0.717, 1.165) is 47.0 Å². The van der Waals surface area contributed by atoms with Gasteiger partial charge in [-0.2, -0.15) is 0 Å². The first kappa shape index (κ1) is 21.5. The fraction of sp³-hybridized carbons (Fsp3) is 0.143. The zero-order chi connectivity index (χ0) is 23.0. The van der Waals surface area contributed by atoms with Crippen molar-refractivity contribution in [1.29, 1.82) is 0 Å². The molecule has 0 radical (unpaired) electrons. The quantitative estimate of drug-likeness (QED) is 0.302. The molecular formula is C28H24N6. The van der Waals surface area contributed by atoms with Crippen LogP contribution >= 0.6 is 0 Å². The van der Waals surface area contributed by atoms with Crippen LogP contribution in [0.5, 0.6) is 0 Å². The molecule has 0 saturated carbocycles. The Labute approximate surface area is 198 Å². The standard InChI is InChI=1S/C28H24N6/c1-2-12-24(32-20-22-10-8-16-28(34-22)26-14-4-6-18-30-26)23(11-1)31-19-21-9-7-15-27(33-21)25-13-3-5-17-29-25/h1-10,13-20,23-24H,11-12H2/t23-,24-/m0/s1. The molecule has 4 heterocycles. The van der Waals surface area contributed by atoms with Gasteiger partial charge in [-0.3, -0.25) is 20.0 Å². The summed E-state index contributed by atoms with van der Waals surface area (Å²) in [6.45, 7) is 0. The van der Waals surface area contributed by atoms with E-state index in [1.54, 1.807) is 12.4 Å². The second-order valence-corrected chi connectivity index (χ2v) is 7.96.